The molecule has 1 saturated heterocycles. The molecule has 1 amide bonds. The van der Waals surface area contributed by atoms with E-state index in [0.29, 0.717) is 12.0 Å². The van der Waals surface area contributed by atoms with E-state index in [2.05, 4.69) is 30.6 Å². The number of carbonyl (C=O) groups excluding carboxylic acids is 1. The lowest BCUT2D eigenvalue weighted by Crippen LogP contribution is -2.36. The van der Waals surface area contributed by atoms with Crippen LogP contribution in [-0.4, -0.2) is 36.2 Å². The van der Waals surface area contributed by atoms with Gasteiger partial charge < -0.3 is 15.0 Å². The maximum absolute atomic E-state index is 12.2. The van der Waals surface area contributed by atoms with Gasteiger partial charge in [0.2, 0.25) is 0 Å². The molecule has 1 aliphatic heterocycles. The number of ether oxygens (including phenoxy) is 1. The second-order valence-corrected chi connectivity index (χ2v) is 7.93. The van der Waals surface area contributed by atoms with Gasteiger partial charge in [-0.25, -0.2) is 4.79 Å². The molecule has 22 heavy (non-hydrogen) atoms. The highest BCUT2D eigenvalue weighted by molar-refractivity contribution is 7.10. The third-order valence-electron chi connectivity index (χ3n) is 3.96. The van der Waals surface area contributed by atoms with E-state index in [4.69, 9.17) is 4.74 Å². The number of nitrogens with one attached hydrogen (secondary N) is 1. The average Bonchev–Trinajstić information content (AvgIpc) is 3.03. The Balaban J connectivity index is 2.04. The first-order chi connectivity index (χ1) is 10.3. The number of amides is 1. The second-order valence-electron chi connectivity index (χ2n) is 6.98. The van der Waals surface area contributed by atoms with Gasteiger partial charge in [0.15, 0.2) is 0 Å². The van der Waals surface area contributed by atoms with Gasteiger partial charge >= 0.3 is 6.09 Å². The lowest BCUT2D eigenvalue weighted by atomic mass is 9.95. The predicted molar refractivity (Wildman–Crippen MR) is 91.4 cm³/mol. The van der Waals surface area contributed by atoms with Crippen LogP contribution in [0.1, 0.15) is 50.6 Å². The van der Waals surface area contributed by atoms with E-state index in [0.717, 1.165) is 26.1 Å². The first-order valence-corrected chi connectivity index (χ1v) is 8.95. The molecule has 2 unspecified atom stereocenters. The van der Waals surface area contributed by atoms with Crippen LogP contribution < -0.4 is 5.32 Å². The molecule has 2 heterocycles. The third-order valence-corrected chi connectivity index (χ3v) is 5.06. The van der Waals surface area contributed by atoms with E-state index in [-0.39, 0.29) is 6.09 Å². The molecular formula is C17H28N2O2S. The van der Waals surface area contributed by atoms with Crippen LogP contribution in [-0.2, 0) is 4.74 Å². The molecule has 2 rings (SSSR count). The summed E-state index contributed by atoms with van der Waals surface area (Å²) in [6, 6.07) is 2.50. The number of rotatable bonds is 4. The van der Waals surface area contributed by atoms with Crippen molar-refractivity contribution in [1.82, 2.24) is 10.2 Å². The van der Waals surface area contributed by atoms with Crippen LogP contribution in [0, 0.1) is 12.8 Å². The third kappa shape index (κ3) is 4.23. The molecule has 5 heteroatoms. The molecule has 0 bridgehead atoms. The van der Waals surface area contributed by atoms with E-state index in [1.165, 1.54) is 10.4 Å². The van der Waals surface area contributed by atoms with Crippen molar-refractivity contribution < 1.29 is 9.53 Å². The highest BCUT2D eigenvalue weighted by atomic mass is 32.1. The van der Waals surface area contributed by atoms with E-state index in [1.807, 2.05) is 25.7 Å². The van der Waals surface area contributed by atoms with Gasteiger partial charge in [0.1, 0.15) is 5.60 Å². The normalized spacial score (nSPS) is 20.2. The molecule has 1 aliphatic rings. The summed E-state index contributed by atoms with van der Waals surface area (Å²) in [6.07, 6.45) is 0.835. The van der Waals surface area contributed by atoms with Crippen LogP contribution in [0.4, 0.5) is 4.79 Å². The predicted octanol–water partition coefficient (Wildman–Crippen LogP) is 3.96. The molecule has 1 N–H and O–H groups in total. The topological polar surface area (TPSA) is 41.6 Å². The Kier molecular flexibility index (Phi) is 5.50. The van der Waals surface area contributed by atoms with Crippen molar-refractivity contribution in [1.29, 1.82) is 0 Å². The first kappa shape index (κ1) is 17.3. The second kappa shape index (κ2) is 7.01. The van der Waals surface area contributed by atoms with Gasteiger partial charge in [-0.05, 0) is 63.6 Å². The number of aryl methyl sites for hydroxylation is 1. The molecule has 0 aromatic carbocycles. The minimum absolute atomic E-state index is 0.187. The SMILES string of the molecule is CCNC(c1sccc1C)C1CCN(C(=O)OC(C)(C)C)C1. The van der Waals surface area contributed by atoms with E-state index < -0.39 is 5.60 Å². The summed E-state index contributed by atoms with van der Waals surface area (Å²) in [4.78, 5) is 15.5. The molecule has 0 radical (unpaired) electrons. The summed E-state index contributed by atoms with van der Waals surface area (Å²) in [7, 11) is 0. The zero-order valence-electron chi connectivity index (χ0n) is 14.3. The highest BCUT2D eigenvalue weighted by Gasteiger charge is 2.35. The standard InChI is InChI=1S/C17H28N2O2S/c1-6-18-14(15-12(2)8-10-22-15)13-7-9-19(11-13)16(20)21-17(3,4)5/h8,10,13-14,18H,6-7,9,11H2,1-5H3. The molecule has 0 spiro atoms. The van der Waals surface area contributed by atoms with Crippen LogP contribution >= 0.6 is 11.3 Å². The molecule has 124 valence electrons. The maximum atomic E-state index is 12.2. The summed E-state index contributed by atoms with van der Waals surface area (Å²) < 4.78 is 5.49. The molecule has 1 aromatic rings. The lowest BCUT2D eigenvalue weighted by Gasteiger charge is -2.26. The summed E-state index contributed by atoms with van der Waals surface area (Å²) in [6.45, 7) is 12.5. The van der Waals surface area contributed by atoms with Crippen molar-refractivity contribution in [2.24, 2.45) is 5.92 Å². The van der Waals surface area contributed by atoms with Crippen LogP contribution in [0.2, 0.25) is 0 Å². The number of likely N-dealkylation sites (tertiary alicyclic amines) is 1. The van der Waals surface area contributed by atoms with Gasteiger partial charge in [-0.1, -0.05) is 6.92 Å². The zero-order chi connectivity index (χ0) is 16.3. The van der Waals surface area contributed by atoms with Gasteiger partial charge in [0.25, 0.3) is 0 Å². The Morgan fingerprint density at radius 2 is 2.27 bits per heavy atom. The van der Waals surface area contributed by atoms with Crippen molar-refractivity contribution in [3.8, 4) is 0 Å². The zero-order valence-corrected chi connectivity index (χ0v) is 15.1. The smallest absolute Gasteiger partial charge is 0.410 e. The Morgan fingerprint density at radius 1 is 1.55 bits per heavy atom. The molecule has 2 atom stereocenters. The Hall–Kier alpha value is -1.07. The van der Waals surface area contributed by atoms with Crippen molar-refractivity contribution in [2.45, 2.75) is 52.7 Å². The monoisotopic (exact) mass is 324 g/mol. The number of thiophene rings is 1. The number of hydrogen-bond donors (Lipinski definition) is 1. The Labute approximate surface area is 137 Å². The summed E-state index contributed by atoms with van der Waals surface area (Å²) in [5.41, 5.74) is 0.910. The fourth-order valence-corrected chi connectivity index (χ4v) is 4.04. The number of nitrogens with zero attached hydrogens (tertiary/aromatic N) is 1. The van der Waals surface area contributed by atoms with Crippen molar-refractivity contribution >= 4 is 17.4 Å². The van der Waals surface area contributed by atoms with E-state index in [9.17, 15) is 4.79 Å². The molecule has 4 nitrogen and oxygen atoms in total. The van der Waals surface area contributed by atoms with Crippen LogP contribution in [0.3, 0.4) is 0 Å². The van der Waals surface area contributed by atoms with Gasteiger partial charge in [0, 0.05) is 24.0 Å². The quantitative estimate of drug-likeness (QED) is 0.911. The minimum atomic E-state index is -0.430. The van der Waals surface area contributed by atoms with E-state index in [1.54, 1.807) is 11.3 Å². The summed E-state index contributed by atoms with van der Waals surface area (Å²) in [5, 5.41) is 5.76. The Bertz CT molecular complexity index is 507. The molecule has 0 saturated carbocycles. The van der Waals surface area contributed by atoms with Gasteiger partial charge in [-0.15, -0.1) is 11.3 Å². The van der Waals surface area contributed by atoms with Crippen LogP contribution in [0.5, 0.6) is 0 Å². The fraction of sp³-hybridized carbons (Fsp3) is 0.706. The first-order valence-electron chi connectivity index (χ1n) is 8.07. The fourth-order valence-electron chi connectivity index (χ4n) is 2.95. The number of hydrogen-bond acceptors (Lipinski definition) is 4. The summed E-state index contributed by atoms with van der Waals surface area (Å²) >= 11 is 1.81. The van der Waals surface area contributed by atoms with Gasteiger partial charge in [-0.3, -0.25) is 0 Å². The van der Waals surface area contributed by atoms with Gasteiger partial charge in [0.05, 0.1) is 0 Å². The number of carbonyl (C=O) groups is 1. The molecule has 0 aliphatic carbocycles. The molecule has 1 aromatic heterocycles. The average molecular weight is 324 g/mol. The molecule has 1 fully saturated rings. The van der Waals surface area contributed by atoms with Crippen molar-refractivity contribution in [3.63, 3.8) is 0 Å². The lowest BCUT2D eigenvalue weighted by molar-refractivity contribution is 0.0285. The van der Waals surface area contributed by atoms with Crippen LogP contribution in [0.15, 0.2) is 11.4 Å². The van der Waals surface area contributed by atoms with Crippen molar-refractivity contribution in [2.75, 3.05) is 19.6 Å². The summed E-state index contributed by atoms with van der Waals surface area (Å²) in [5.74, 6) is 0.449. The maximum Gasteiger partial charge on any atom is 0.410 e. The minimum Gasteiger partial charge on any atom is -0.444 e. The Morgan fingerprint density at radius 3 is 2.82 bits per heavy atom. The highest BCUT2D eigenvalue weighted by Crippen LogP contribution is 2.35. The largest absolute Gasteiger partial charge is 0.444 e. The van der Waals surface area contributed by atoms with E-state index >= 15 is 0 Å². The van der Waals surface area contributed by atoms with Crippen LogP contribution in [0.25, 0.3) is 0 Å². The van der Waals surface area contributed by atoms with Gasteiger partial charge in [-0.2, -0.15) is 0 Å². The molecular weight excluding hydrogens is 296 g/mol. The van der Waals surface area contributed by atoms with Crippen molar-refractivity contribution in [3.05, 3.63) is 21.9 Å².